The zero-order chi connectivity index (χ0) is 20.8. The number of ether oxygens (including phenoxy) is 1. The molecule has 2 aliphatic heterocycles. The average molecular weight is 407 g/mol. The van der Waals surface area contributed by atoms with Crippen molar-refractivity contribution in [2.45, 2.75) is 65.4 Å². The Morgan fingerprint density at radius 3 is 2.38 bits per heavy atom. The van der Waals surface area contributed by atoms with E-state index in [-0.39, 0.29) is 23.8 Å². The molecule has 29 heavy (non-hydrogen) atoms. The third-order valence-electron chi connectivity index (χ3n) is 5.82. The molecule has 0 aromatic carbocycles. The van der Waals surface area contributed by atoms with Gasteiger partial charge in [0.1, 0.15) is 0 Å². The van der Waals surface area contributed by atoms with Crippen molar-refractivity contribution < 1.29 is 18.8 Å². The van der Waals surface area contributed by atoms with E-state index in [1.807, 2.05) is 9.80 Å². The topological polar surface area (TPSA) is 88.8 Å². The van der Waals surface area contributed by atoms with Crippen molar-refractivity contribution in [3.8, 4) is 0 Å². The quantitative estimate of drug-likeness (QED) is 0.689. The summed E-state index contributed by atoms with van der Waals surface area (Å²) in [5, 5.41) is 4.01. The van der Waals surface area contributed by atoms with Crippen LogP contribution >= 0.6 is 0 Å². The summed E-state index contributed by atoms with van der Waals surface area (Å²) in [6.07, 6.45) is 4.91. The first kappa shape index (κ1) is 21.7. The van der Waals surface area contributed by atoms with Crippen LogP contribution in [0.3, 0.4) is 0 Å². The Bertz CT molecular complexity index is 674. The lowest BCUT2D eigenvalue weighted by molar-refractivity contribution is -0.142. The van der Waals surface area contributed by atoms with E-state index >= 15 is 0 Å². The molecule has 8 heteroatoms. The number of amides is 2. The molecule has 0 spiro atoms. The monoisotopic (exact) mass is 406 g/mol. The molecule has 1 aromatic rings. The standard InChI is InChI=1S/C21H34N4O4/c1-15(2)14-20-22-19(23-29-20)8-13-28-18-6-11-25(12-7-18)21(27)17-4-9-24(10-5-17)16(3)26/h15,17-18H,4-14H2,1-3H3. The molecule has 162 valence electrons. The fraction of sp³-hybridized carbons (Fsp3) is 0.810. The molecule has 0 unspecified atom stereocenters. The fourth-order valence-corrected chi connectivity index (χ4v) is 4.08. The van der Waals surface area contributed by atoms with Gasteiger partial charge in [-0.2, -0.15) is 4.98 Å². The minimum Gasteiger partial charge on any atom is -0.378 e. The molecule has 0 N–H and O–H groups in total. The minimum absolute atomic E-state index is 0.0568. The van der Waals surface area contributed by atoms with E-state index in [0.717, 1.165) is 45.2 Å². The maximum Gasteiger partial charge on any atom is 0.226 e. The smallest absolute Gasteiger partial charge is 0.226 e. The highest BCUT2D eigenvalue weighted by Gasteiger charge is 2.31. The van der Waals surface area contributed by atoms with Crippen LogP contribution in [0.15, 0.2) is 4.52 Å². The third kappa shape index (κ3) is 6.26. The fourth-order valence-electron chi connectivity index (χ4n) is 4.08. The van der Waals surface area contributed by atoms with Gasteiger partial charge in [-0.05, 0) is 31.6 Å². The van der Waals surface area contributed by atoms with Crippen molar-refractivity contribution in [1.29, 1.82) is 0 Å². The number of aromatic nitrogens is 2. The van der Waals surface area contributed by atoms with Gasteiger partial charge in [0.2, 0.25) is 17.7 Å². The molecular formula is C21H34N4O4. The van der Waals surface area contributed by atoms with Crippen LogP contribution in [0.4, 0.5) is 0 Å². The van der Waals surface area contributed by atoms with Gasteiger partial charge in [0.15, 0.2) is 5.82 Å². The predicted octanol–water partition coefficient (Wildman–Crippen LogP) is 2.08. The first-order valence-electron chi connectivity index (χ1n) is 10.9. The summed E-state index contributed by atoms with van der Waals surface area (Å²) < 4.78 is 11.2. The van der Waals surface area contributed by atoms with E-state index in [2.05, 4.69) is 24.0 Å². The first-order valence-corrected chi connectivity index (χ1v) is 10.9. The highest BCUT2D eigenvalue weighted by Crippen LogP contribution is 2.23. The van der Waals surface area contributed by atoms with Crippen LogP contribution in [0.2, 0.25) is 0 Å². The van der Waals surface area contributed by atoms with Gasteiger partial charge in [-0.15, -0.1) is 0 Å². The molecule has 3 rings (SSSR count). The zero-order valence-corrected chi connectivity index (χ0v) is 17.9. The Labute approximate surface area is 172 Å². The van der Waals surface area contributed by atoms with Gasteiger partial charge in [-0.1, -0.05) is 19.0 Å². The van der Waals surface area contributed by atoms with Crippen molar-refractivity contribution in [3.05, 3.63) is 11.7 Å². The molecule has 0 bridgehead atoms. The predicted molar refractivity (Wildman–Crippen MR) is 107 cm³/mol. The van der Waals surface area contributed by atoms with E-state index in [0.29, 0.717) is 43.8 Å². The number of hydrogen-bond donors (Lipinski definition) is 0. The first-order chi connectivity index (χ1) is 13.9. The van der Waals surface area contributed by atoms with Gasteiger partial charge in [0.25, 0.3) is 0 Å². The molecule has 0 atom stereocenters. The Balaban J connectivity index is 1.33. The largest absolute Gasteiger partial charge is 0.378 e. The van der Waals surface area contributed by atoms with Gasteiger partial charge in [-0.25, -0.2) is 0 Å². The van der Waals surface area contributed by atoms with Crippen molar-refractivity contribution in [3.63, 3.8) is 0 Å². The Morgan fingerprint density at radius 1 is 1.10 bits per heavy atom. The normalized spacial score (nSPS) is 19.2. The van der Waals surface area contributed by atoms with Gasteiger partial charge >= 0.3 is 0 Å². The van der Waals surface area contributed by atoms with E-state index in [1.54, 1.807) is 6.92 Å². The molecule has 0 saturated carbocycles. The summed E-state index contributed by atoms with van der Waals surface area (Å²) in [5.74, 6) is 2.29. The van der Waals surface area contributed by atoms with Crippen LogP contribution in [-0.4, -0.2) is 70.6 Å². The van der Waals surface area contributed by atoms with Crippen molar-refractivity contribution in [1.82, 2.24) is 19.9 Å². The van der Waals surface area contributed by atoms with E-state index in [9.17, 15) is 9.59 Å². The molecule has 2 fully saturated rings. The van der Waals surface area contributed by atoms with Crippen LogP contribution in [-0.2, 0) is 27.2 Å². The lowest BCUT2D eigenvalue weighted by atomic mass is 9.94. The van der Waals surface area contributed by atoms with E-state index < -0.39 is 0 Å². The second kappa shape index (κ2) is 10.2. The summed E-state index contributed by atoms with van der Waals surface area (Å²) in [4.78, 5) is 32.4. The summed E-state index contributed by atoms with van der Waals surface area (Å²) in [7, 11) is 0. The molecule has 1 aromatic heterocycles. The summed E-state index contributed by atoms with van der Waals surface area (Å²) in [6.45, 7) is 9.30. The highest BCUT2D eigenvalue weighted by molar-refractivity contribution is 5.79. The molecule has 3 heterocycles. The van der Waals surface area contributed by atoms with Gasteiger partial charge in [-0.3, -0.25) is 9.59 Å². The molecule has 0 radical (unpaired) electrons. The molecule has 8 nitrogen and oxygen atoms in total. The number of nitrogens with zero attached hydrogens (tertiary/aromatic N) is 4. The van der Waals surface area contributed by atoms with Crippen LogP contribution in [0, 0.1) is 11.8 Å². The number of carbonyl (C=O) groups is 2. The average Bonchev–Trinajstić information content (AvgIpc) is 3.14. The zero-order valence-electron chi connectivity index (χ0n) is 17.9. The SMILES string of the molecule is CC(=O)N1CCC(C(=O)N2CCC(OCCc3noc(CC(C)C)n3)CC2)CC1. The molecule has 2 saturated heterocycles. The van der Waals surface area contributed by atoms with Crippen LogP contribution in [0.25, 0.3) is 0 Å². The number of carbonyl (C=O) groups excluding carboxylic acids is 2. The van der Waals surface area contributed by atoms with Crippen molar-refractivity contribution in [2.75, 3.05) is 32.8 Å². The van der Waals surface area contributed by atoms with Crippen LogP contribution in [0.1, 0.15) is 58.2 Å². The lowest BCUT2D eigenvalue weighted by Crippen LogP contribution is -2.47. The molecule has 2 amide bonds. The summed E-state index contributed by atoms with van der Waals surface area (Å²) in [6, 6.07) is 0. The van der Waals surface area contributed by atoms with Gasteiger partial charge < -0.3 is 19.1 Å². The Hall–Kier alpha value is -1.96. The summed E-state index contributed by atoms with van der Waals surface area (Å²) >= 11 is 0. The Kier molecular flexibility index (Phi) is 7.64. The van der Waals surface area contributed by atoms with Gasteiger partial charge in [0, 0.05) is 51.9 Å². The van der Waals surface area contributed by atoms with Crippen LogP contribution in [0.5, 0.6) is 0 Å². The number of likely N-dealkylation sites (tertiary alicyclic amines) is 2. The lowest BCUT2D eigenvalue weighted by Gasteiger charge is -2.37. The van der Waals surface area contributed by atoms with Crippen molar-refractivity contribution in [2.24, 2.45) is 11.8 Å². The Morgan fingerprint density at radius 2 is 1.76 bits per heavy atom. The second-order valence-corrected chi connectivity index (χ2v) is 8.63. The maximum absolute atomic E-state index is 12.8. The second-order valence-electron chi connectivity index (χ2n) is 8.63. The molecular weight excluding hydrogens is 372 g/mol. The molecule has 2 aliphatic rings. The number of rotatable bonds is 7. The number of hydrogen-bond acceptors (Lipinski definition) is 6. The van der Waals surface area contributed by atoms with E-state index in [1.165, 1.54) is 0 Å². The number of piperidine rings is 2. The van der Waals surface area contributed by atoms with Crippen molar-refractivity contribution >= 4 is 11.8 Å². The minimum atomic E-state index is 0.0568. The third-order valence-corrected chi connectivity index (χ3v) is 5.82. The van der Waals surface area contributed by atoms with Gasteiger partial charge in [0.05, 0.1) is 12.7 Å². The van der Waals surface area contributed by atoms with Crippen LogP contribution < -0.4 is 0 Å². The maximum atomic E-state index is 12.8. The highest BCUT2D eigenvalue weighted by atomic mass is 16.5. The molecule has 0 aliphatic carbocycles. The van der Waals surface area contributed by atoms with E-state index in [4.69, 9.17) is 9.26 Å². The summed E-state index contributed by atoms with van der Waals surface area (Å²) in [5.41, 5.74) is 0.